The Morgan fingerprint density at radius 1 is 1.48 bits per heavy atom. The van der Waals surface area contributed by atoms with Gasteiger partial charge in [0.15, 0.2) is 0 Å². The fraction of sp³-hybridized carbons (Fsp3) is 0.429. The van der Waals surface area contributed by atoms with Crippen LogP contribution in [0.5, 0.6) is 5.88 Å². The Morgan fingerprint density at radius 2 is 2.38 bits per heavy atom. The number of ether oxygens (including phenoxy) is 1. The molecule has 1 atom stereocenters. The van der Waals surface area contributed by atoms with Crippen molar-refractivity contribution in [1.82, 2.24) is 19.9 Å². The second kappa shape index (κ2) is 6.17. The van der Waals surface area contributed by atoms with Crippen molar-refractivity contribution in [2.45, 2.75) is 25.9 Å². The van der Waals surface area contributed by atoms with Crippen LogP contribution < -0.4 is 4.74 Å². The summed E-state index contributed by atoms with van der Waals surface area (Å²) in [5, 5.41) is 2.72. The van der Waals surface area contributed by atoms with Crippen LogP contribution in [-0.4, -0.2) is 45.0 Å². The van der Waals surface area contributed by atoms with Gasteiger partial charge in [-0.25, -0.2) is 9.97 Å². The molecule has 1 aliphatic heterocycles. The van der Waals surface area contributed by atoms with Crippen LogP contribution in [0, 0.1) is 6.92 Å². The van der Waals surface area contributed by atoms with E-state index in [2.05, 4.69) is 15.0 Å². The molecule has 1 fully saturated rings. The molecule has 1 saturated heterocycles. The van der Waals surface area contributed by atoms with E-state index >= 15 is 0 Å². The first-order valence-electron chi connectivity index (χ1n) is 6.86. The van der Waals surface area contributed by atoms with E-state index in [4.69, 9.17) is 4.74 Å². The predicted molar refractivity (Wildman–Crippen MR) is 78.4 cm³/mol. The summed E-state index contributed by atoms with van der Waals surface area (Å²) in [4.78, 5) is 26.5. The highest BCUT2D eigenvalue weighted by Crippen LogP contribution is 2.18. The maximum Gasteiger partial charge on any atom is 0.273 e. The molecule has 0 aromatic carbocycles. The lowest BCUT2D eigenvalue weighted by Gasteiger charge is -2.32. The van der Waals surface area contributed by atoms with E-state index < -0.39 is 0 Å². The van der Waals surface area contributed by atoms with Crippen LogP contribution in [0.25, 0.3) is 0 Å². The third-order valence-electron chi connectivity index (χ3n) is 3.33. The minimum atomic E-state index is -0.0425. The van der Waals surface area contributed by atoms with Crippen molar-refractivity contribution < 1.29 is 9.53 Å². The molecule has 6 nitrogen and oxygen atoms in total. The number of amides is 1. The summed E-state index contributed by atoms with van der Waals surface area (Å²) < 4.78 is 5.79. The Labute approximate surface area is 126 Å². The Morgan fingerprint density at radius 3 is 3.10 bits per heavy atom. The molecule has 3 rings (SSSR count). The maximum absolute atomic E-state index is 12.4. The average molecular weight is 304 g/mol. The smallest absolute Gasteiger partial charge is 0.273 e. The van der Waals surface area contributed by atoms with E-state index in [1.54, 1.807) is 23.5 Å². The van der Waals surface area contributed by atoms with E-state index in [0.29, 0.717) is 18.1 Å². The molecular weight excluding hydrogens is 288 g/mol. The second-order valence-corrected chi connectivity index (χ2v) is 5.99. The largest absolute Gasteiger partial charge is 0.471 e. The number of nitrogens with zero attached hydrogens (tertiary/aromatic N) is 4. The van der Waals surface area contributed by atoms with E-state index in [0.717, 1.165) is 24.4 Å². The van der Waals surface area contributed by atoms with Crippen LogP contribution >= 0.6 is 11.3 Å². The molecule has 7 heteroatoms. The molecule has 21 heavy (non-hydrogen) atoms. The molecule has 0 saturated carbocycles. The summed E-state index contributed by atoms with van der Waals surface area (Å²) in [5.41, 5.74) is 0.526. The number of thiazole rings is 1. The number of aromatic nitrogens is 3. The first kappa shape index (κ1) is 13.9. The highest BCUT2D eigenvalue weighted by molar-refractivity contribution is 7.09. The summed E-state index contributed by atoms with van der Waals surface area (Å²) in [6.07, 6.45) is 6.58. The number of likely N-dealkylation sites (tertiary alicyclic amines) is 1. The summed E-state index contributed by atoms with van der Waals surface area (Å²) in [6.45, 7) is 3.21. The van der Waals surface area contributed by atoms with Gasteiger partial charge in [0.1, 0.15) is 11.8 Å². The molecule has 0 radical (unpaired) electrons. The number of aryl methyl sites for hydroxylation is 1. The average Bonchev–Trinajstić information content (AvgIpc) is 2.94. The second-order valence-electron chi connectivity index (χ2n) is 4.93. The topological polar surface area (TPSA) is 68.2 Å². The molecule has 1 aliphatic rings. The normalized spacial score (nSPS) is 18.5. The lowest BCUT2D eigenvalue weighted by atomic mass is 10.1. The number of rotatable bonds is 3. The van der Waals surface area contributed by atoms with Crippen LogP contribution in [0.15, 0.2) is 24.0 Å². The fourth-order valence-corrected chi connectivity index (χ4v) is 2.95. The number of hydrogen-bond donors (Lipinski definition) is 0. The van der Waals surface area contributed by atoms with Crippen molar-refractivity contribution in [2.24, 2.45) is 0 Å². The predicted octanol–water partition coefficient (Wildman–Crippen LogP) is 1.93. The van der Waals surface area contributed by atoms with Gasteiger partial charge in [-0.15, -0.1) is 11.3 Å². The van der Waals surface area contributed by atoms with E-state index in [9.17, 15) is 4.79 Å². The van der Waals surface area contributed by atoms with Gasteiger partial charge in [-0.3, -0.25) is 9.78 Å². The molecule has 0 aliphatic carbocycles. The quantitative estimate of drug-likeness (QED) is 0.866. The van der Waals surface area contributed by atoms with Crippen LogP contribution in [0.2, 0.25) is 0 Å². The van der Waals surface area contributed by atoms with Gasteiger partial charge in [0.25, 0.3) is 5.91 Å². The molecule has 0 N–H and O–H groups in total. The zero-order valence-corrected chi connectivity index (χ0v) is 12.5. The van der Waals surface area contributed by atoms with Crippen molar-refractivity contribution in [2.75, 3.05) is 13.1 Å². The lowest BCUT2D eigenvalue weighted by Crippen LogP contribution is -2.44. The first-order chi connectivity index (χ1) is 10.2. The molecule has 0 spiro atoms. The van der Waals surface area contributed by atoms with E-state index in [-0.39, 0.29) is 12.0 Å². The molecule has 2 aromatic rings. The number of carbonyl (C=O) groups is 1. The van der Waals surface area contributed by atoms with Crippen LogP contribution in [0.4, 0.5) is 0 Å². The standard InChI is InChI=1S/C14H16N4O2S/c1-10-17-12(9-21-10)14(19)18-6-2-3-11(8-18)20-13-7-15-4-5-16-13/h4-5,7,9,11H,2-3,6,8H2,1H3/t11-/m0/s1. The van der Waals surface area contributed by atoms with Crippen LogP contribution in [0.3, 0.4) is 0 Å². The summed E-state index contributed by atoms with van der Waals surface area (Å²) in [7, 11) is 0. The molecule has 0 unspecified atom stereocenters. The van der Waals surface area contributed by atoms with Gasteiger partial charge in [0.05, 0.1) is 17.7 Å². The van der Waals surface area contributed by atoms with Crippen molar-refractivity contribution in [1.29, 1.82) is 0 Å². The zero-order valence-electron chi connectivity index (χ0n) is 11.7. The number of piperidine rings is 1. The van der Waals surface area contributed by atoms with Gasteiger partial charge >= 0.3 is 0 Å². The van der Waals surface area contributed by atoms with Gasteiger partial charge in [0.2, 0.25) is 5.88 Å². The molecule has 0 bridgehead atoms. The summed E-state index contributed by atoms with van der Waals surface area (Å²) in [5.74, 6) is 0.480. The first-order valence-corrected chi connectivity index (χ1v) is 7.74. The van der Waals surface area contributed by atoms with Gasteiger partial charge in [-0.05, 0) is 19.8 Å². The molecular formula is C14H16N4O2S. The minimum absolute atomic E-state index is 0.0215. The highest BCUT2D eigenvalue weighted by atomic mass is 32.1. The van der Waals surface area contributed by atoms with Crippen LogP contribution in [-0.2, 0) is 0 Å². The van der Waals surface area contributed by atoms with E-state index in [1.165, 1.54) is 11.3 Å². The third kappa shape index (κ3) is 3.36. The van der Waals surface area contributed by atoms with Crippen molar-refractivity contribution >= 4 is 17.2 Å². The minimum Gasteiger partial charge on any atom is -0.471 e. The van der Waals surface area contributed by atoms with E-state index in [1.807, 2.05) is 12.3 Å². The Balaban J connectivity index is 1.64. The summed E-state index contributed by atoms with van der Waals surface area (Å²) >= 11 is 1.49. The lowest BCUT2D eigenvalue weighted by molar-refractivity contribution is 0.0522. The molecule has 1 amide bonds. The fourth-order valence-electron chi connectivity index (χ4n) is 2.36. The van der Waals surface area contributed by atoms with Crippen molar-refractivity contribution in [3.63, 3.8) is 0 Å². The van der Waals surface area contributed by atoms with Crippen molar-refractivity contribution in [3.05, 3.63) is 34.7 Å². The molecule has 3 heterocycles. The Hall–Kier alpha value is -2.02. The number of hydrogen-bond acceptors (Lipinski definition) is 6. The molecule has 110 valence electrons. The van der Waals surface area contributed by atoms with Crippen molar-refractivity contribution in [3.8, 4) is 5.88 Å². The van der Waals surface area contributed by atoms with Crippen LogP contribution in [0.1, 0.15) is 28.3 Å². The maximum atomic E-state index is 12.4. The third-order valence-corrected chi connectivity index (χ3v) is 4.10. The number of carbonyl (C=O) groups excluding carboxylic acids is 1. The van der Waals surface area contributed by atoms with Gasteiger partial charge in [0, 0.05) is 24.3 Å². The highest BCUT2D eigenvalue weighted by Gasteiger charge is 2.27. The Kier molecular flexibility index (Phi) is 4.10. The molecule has 2 aromatic heterocycles. The zero-order chi connectivity index (χ0) is 14.7. The van der Waals surface area contributed by atoms with Gasteiger partial charge < -0.3 is 9.64 Å². The van der Waals surface area contributed by atoms with Gasteiger partial charge in [-0.1, -0.05) is 0 Å². The Bertz CT molecular complexity index is 616. The SMILES string of the molecule is Cc1nc(C(=O)N2CCC[C@H](Oc3cnccn3)C2)cs1. The monoisotopic (exact) mass is 304 g/mol. The summed E-state index contributed by atoms with van der Waals surface area (Å²) in [6, 6.07) is 0. The van der Waals surface area contributed by atoms with Gasteiger partial charge in [-0.2, -0.15) is 0 Å².